The van der Waals surface area contributed by atoms with Crippen LogP contribution in [0.15, 0.2) is 60.9 Å². The molecular formula is C18H15IN2. The summed E-state index contributed by atoms with van der Waals surface area (Å²) in [4.78, 5) is 0. The molecule has 4 rings (SSSR count). The van der Waals surface area contributed by atoms with Gasteiger partial charge in [-0.25, -0.2) is 0 Å². The molecule has 3 aromatic rings. The third kappa shape index (κ3) is 2.39. The molecule has 1 aliphatic carbocycles. The molecule has 0 saturated carbocycles. The van der Waals surface area contributed by atoms with E-state index in [0.717, 1.165) is 6.54 Å². The van der Waals surface area contributed by atoms with Crippen molar-refractivity contribution in [2.45, 2.75) is 18.9 Å². The van der Waals surface area contributed by atoms with E-state index in [-0.39, 0.29) is 0 Å². The second kappa shape index (κ2) is 5.30. The standard InChI is InChI=1S/C18H15IN2/c19-18-8-4-3-7-17(18)15-10-20-21(12-15)11-14-9-13-5-1-2-6-16(13)14/h1-8,10,12,14H,9,11H2. The summed E-state index contributed by atoms with van der Waals surface area (Å²) >= 11 is 2.38. The molecule has 0 spiro atoms. The molecule has 0 saturated heterocycles. The van der Waals surface area contributed by atoms with Crippen LogP contribution in [-0.2, 0) is 13.0 Å². The van der Waals surface area contributed by atoms with Crippen molar-refractivity contribution in [1.29, 1.82) is 0 Å². The van der Waals surface area contributed by atoms with Crippen LogP contribution < -0.4 is 0 Å². The molecule has 1 unspecified atom stereocenters. The highest BCUT2D eigenvalue weighted by Gasteiger charge is 2.25. The largest absolute Gasteiger partial charge is 0.271 e. The number of fused-ring (bicyclic) bond motifs is 1. The van der Waals surface area contributed by atoms with Gasteiger partial charge in [0.15, 0.2) is 0 Å². The third-order valence-corrected chi connectivity index (χ3v) is 5.13. The molecule has 21 heavy (non-hydrogen) atoms. The van der Waals surface area contributed by atoms with Crippen molar-refractivity contribution in [3.8, 4) is 11.1 Å². The molecule has 1 atom stereocenters. The zero-order chi connectivity index (χ0) is 14.2. The van der Waals surface area contributed by atoms with Crippen molar-refractivity contribution in [2.24, 2.45) is 0 Å². The van der Waals surface area contributed by atoms with Crippen LogP contribution in [-0.4, -0.2) is 9.78 Å². The lowest BCUT2D eigenvalue weighted by atomic mass is 9.78. The molecule has 0 N–H and O–H groups in total. The SMILES string of the molecule is Ic1ccccc1-c1cnn(CC2Cc3ccccc32)c1. The first kappa shape index (κ1) is 13.1. The summed E-state index contributed by atoms with van der Waals surface area (Å²) in [6.45, 7) is 0.973. The predicted molar refractivity (Wildman–Crippen MR) is 93.3 cm³/mol. The van der Waals surface area contributed by atoms with Gasteiger partial charge in [-0.15, -0.1) is 0 Å². The third-order valence-electron chi connectivity index (χ3n) is 4.19. The second-order valence-corrected chi connectivity index (χ2v) is 6.69. The van der Waals surface area contributed by atoms with Crippen LogP contribution in [0, 0.1) is 3.57 Å². The molecule has 2 nitrogen and oxygen atoms in total. The number of aromatic nitrogens is 2. The number of benzene rings is 2. The van der Waals surface area contributed by atoms with Crippen LogP contribution in [0.2, 0.25) is 0 Å². The summed E-state index contributed by atoms with van der Waals surface area (Å²) in [5, 5.41) is 4.54. The van der Waals surface area contributed by atoms with Gasteiger partial charge in [0.2, 0.25) is 0 Å². The Morgan fingerprint density at radius 2 is 1.90 bits per heavy atom. The molecule has 1 heterocycles. The van der Waals surface area contributed by atoms with Gasteiger partial charge in [-0.05, 0) is 51.8 Å². The summed E-state index contributed by atoms with van der Waals surface area (Å²) < 4.78 is 3.35. The maximum atomic E-state index is 4.54. The van der Waals surface area contributed by atoms with Gasteiger partial charge in [-0.1, -0.05) is 42.5 Å². The molecular weight excluding hydrogens is 371 g/mol. The molecule has 3 heteroatoms. The molecule has 1 aromatic heterocycles. The average Bonchev–Trinajstić information content (AvgIpc) is 2.94. The van der Waals surface area contributed by atoms with Crippen LogP contribution in [0.5, 0.6) is 0 Å². The van der Waals surface area contributed by atoms with E-state index in [1.54, 1.807) is 0 Å². The number of halogens is 1. The first-order valence-electron chi connectivity index (χ1n) is 7.16. The topological polar surface area (TPSA) is 17.8 Å². The first-order valence-corrected chi connectivity index (χ1v) is 8.24. The molecule has 0 amide bonds. The molecule has 0 aliphatic heterocycles. The van der Waals surface area contributed by atoms with E-state index in [9.17, 15) is 0 Å². The van der Waals surface area contributed by atoms with Gasteiger partial charge < -0.3 is 0 Å². The van der Waals surface area contributed by atoms with E-state index >= 15 is 0 Å². The lowest BCUT2D eigenvalue weighted by Crippen LogP contribution is -2.22. The molecule has 0 fully saturated rings. The summed E-state index contributed by atoms with van der Waals surface area (Å²) in [5.41, 5.74) is 5.45. The molecule has 1 aliphatic rings. The molecule has 0 radical (unpaired) electrons. The minimum absolute atomic E-state index is 0.615. The Hall–Kier alpha value is -1.62. The quantitative estimate of drug-likeness (QED) is 0.607. The van der Waals surface area contributed by atoms with Crippen LogP contribution >= 0.6 is 22.6 Å². The Morgan fingerprint density at radius 1 is 1.10 bits per heavy atom. The van der Waals surface area contributed by atoms with E-state index < -0.39 is 0 Å². The van der Waals surface area contributed by atoms with Crippen LogP contribution in [0.4, 0.5) is 0 Å². The number of hydrogen-bond donors (Lipinski definition) is 0. The van der Waals surface area contributed by atoms with E-state index in [0.29, 0.717) is 5.92 Å². The van der Waals surface area contributed by atoms with Gasteiger partial charge in [-0.3, -0.25) is 4.68 Å². The minimum Gasteiger partial charge on any atom is -0.271 e. The van der Waals surface area contributed by atoms with Crippen LogP contribution in [0.3, 0.4) is 0 Å². The highest BCUT2D eigenvalue weighted by molar-refractivity contribution is 14.1. The Labute approximate surface area is 138 Å². The maximum absolute atomic E-state index is 4.54. The normalized spacial score (nSPS) is 16.3. The fraction of sp³-hybridized carbons (Fsp3) is 0.167. The Bertz CT molecular complexity index is 791. The monoisotopic (exact) mass is 386 g/mol. The first-order chi connectivity index (χ1) is 10.3. The number of rotatable bonds is 3. The highest BCUT2D eigenvalue weighted by Crippen LogP contribution is 2.36. The molecule has 2 aromatic carbocycles. The van der Waals surface area contributed by atoms with Gasteiger partial charge >= 0.3 is 0 Å². The lowest BCUT2D eigenvalue weighted by molar-refractivity contribution is 0.475. The Kier molecular flexibility index (Phi) is 3.30. The zero-order valence-corrected chi connectivity index (χ0v) is 13.7. The number of nitrogens with zero attached hydrogens (tertiary/aromatic N) is 2. The van der Waals surface area contributed by atoms with Gasteiger partial charge in [0, 0.05) is 27.8 Å². The molecule has 0 bridgehead atoms. The Morgan fingerprint density at radius 3 is 2.76 bits per heavy atom. The average molecular weight is 386 g/mol. The maximum Gasteiger partial charge on any atom is 0.0568 e. The molecule has 104 valence electrons. The van der Waals surface area contributed by atoms with Gasteiger partial charge in [0.1, 0.15) is 0 Å². The Balaban J connectivity index is 1.55. The highest BCUT2D eigenvalue weighted by atomic mass is 127. The van der Waals surface area contributed by atoms with Crippen LogP contribution in [0.25, 0.3) is 11.1 Å². The van der Waals surface area contributed by atoms with E-state index in [2.05, 4.69) is 87.1 Å². The fourth-order valence-corrected chi connectivity index (χ4v) is 3.75. The smallest absolute Gasteiger partial charge is 0.0568 e. The van der Waals surface area contributed by atoms with Crippen LogP contribution in [0.1, 0.15) is 17.0 Å². The van der Waals surface area contributed by atoms with Gasteiger partial charge in [0.25, 0.3) is 0 Å². The zero-order valence-electron chi connectivity index (χ0n) is 11.5. The number of hydrogen-bond acceptors (Lipinski definition) is 1. The van der Waals surface area contributed by atoms with Crippen molar-refractivity contribution < 1.29 is 0 Å². The van der Waals surface area contributed by atoms with Crippen molar-refractivity contribution in [3.63, 3.8) is 0 Å². The van der Waals surface area contributed by atoms with Crippen molar-refractivity contribution in [1.82, 2.24) is 9.78 Å². The lowest BCUT2D eigenvalue weighted by Gasteiger charge is -2.29. The van der Waals surface area contributed by atoms with E-state index in [1.165, 1.54) is 32.2 Å². The summed E-state index contributed by atoms with van der Waals surface area (Å²) in [5.74, 6) is 0.615. The van der Waals surface area contributed by atoms with Crippen molar-refractivity contribution >= 4 is 22.6 Å². The van der Waals surface area contributed by atoms with E-state index in [1.807, 2.05) is 6.20 Å². The van der Waals surface area contributed by atoms with E-state index in [4.69, 9.17) is 0 Å². The minimum atomic E-state index is 0.615. The van der Waals surface area contributed by atoms with Crippen molar-refractivity contribution in [3.05, 3.63) is 75.6 Å². The summed E-state index contributed by atoms with van der Waals surface area (Å²) in [6.07, 6.45) is 5.31. The fourth-order valence-electron chi connectivity index (χ4n) is 3.05. The second-order valence-electron chi connectivity index (χ2n) is 5.53. The van der Waals surface area contributed by atoms with Crippen molar-refractivity contribution in [2.75, 3.05) is 0 Å². The summed E-state index contributed by atoms with van der Waals surface area (Å²) in [7, 11) is 0. The van der Waals surface area contributed by atoms with Gasteiger partial charge in [-0.2, -0.15) is 5.10 Å². The van der Waals surface area contributed by atoms with Gasteiger partial charge in [0.05, 0.1) is 6.20 Å². The predicted octanol–water partition coefficient (Wildman–Crippen LogP) is 4.49. The summed E-state index contributed by atoms with van der Waals surface area (Å²) in [6, 6.07) is 17.2.